The van der Waals surface area contributed by atoms with Gasteiger partial charge in [0.25, 0.3) is 5.89 Å². The molecular formula is C17H13ClFN3O4. The van der Waals surface area contributed by atoms with E-state index in [1.807, 2.05) is 0 Å². The van der Waals surface area contributed by atoms with Gasteiger partial charge in [-0.2, -0.15) is 0 Å². The average Bonchev–Trinajstić information content (AvgIpc) is 3.13. The molecule has 0 bridgehead atoms. The van der Waals surface area contributed by atoms with E-state index in [2.05, 4.69) is 15.5 Å². The number of aromatic nitrogens is 2. The predicted molar refractivity (Wildman–Crippen MR) is 92.2 cm³/mol. The summed E-state index contributed by atoms with van der Waals surface area (Å²) in [5.74, 6) is -0.999. The Morgan fingerprint density at radius 3 is 2.58 bits per heavy atom. The quantitative estimate of drug-likeness (QED) is 0.727. The molecule has 3 rings (SSSR count). The number of halogens is 2. The molecule has 9 heteroatoms. The van der Waals surface area contributed by atoms with Crippen molar-refractivity contribution < 1.29 is 23.1 Å². The second-order valence-electron chi connectivity index (χ2n) is 5.03. The van der Waals surface area contributed by atoms with Crippen molar-refractivity contribution in [3.63, 3.8) is 0 Å². The standard InChI is InChI=1S/C17H13ClFN3O4/c1-24-13-8-12(14(25-2)7-10(13)18)20-15(23)17-22-21-16(26-17)9-5-3-4-6-11(9)19/h3-8H,1-2H3,(H,20,23). The van der Waals surface area contributed by atoms with E-state index in [9.17, 15) is 9.18 Å². The molecule has 1 amide bonds. The molecule has 1 heterocycles. The minimum Gasteiger partial charge on any atom is -0.495 e. The van der Waals surface area contributed by atoms with Crippen molar-refractivity contribution in [1.29, 1.82) is 0 Å². The maximum absolute atomic E-state index is 13.8. The van der Waals surface area contributed by atoms with Crippen LogP contribution in [0.5, 0.6) is 11.5 Å². The van der Waals surface area contributed by atoms with Crippen molar-refractivity contribution in [1.82, 2.24) is 10.2 Å². The number of rotatable bonds is 5. The minimum atomic E-state index is -0.692. The van der Waals surface area contributed by atoms with E-state index in [0.29, 0.717) is 22.2 Å². The largest absolute Gasteiger partial charge is 0.495 e. The third kappa shape index (κ3) is 3.45. The van der Waals surface area contributed by atoms with Crippen LogP contribution in [0.2, 0.25) is 5.02 Å². The lowest BCUT2D eigenvalue weighted by atomic mass is 10.2. The van der Waals surface area contributed by atoms with Crippen LogP contribution < -0.4 is 14.8 Å². The number of nitrogens with zero attached hydrogens (tertiary/aromatic N) is 2. The van der Waals surface area contributed by atoms with E-state index in [1.165, 1.54) is 44.6 Å². The number of carbonyl (C=O) groups excluding carboxylic acids is 1. The lowest BCUT2D eigenvalue weighted by Crippen LogP contribution is -2.13. The second-order valence-corrected chi connectivity index (χ2v) is 5.44. The summed E-state index contributed by atoms with van der Waals surface area (Å²) < 4.78 is 29.3. The van der Waals surface area contributed by atoms with Crippen LogP contribution in [0.25, 0.3) is 11.5 Å². The Morgan fingerprint density at radius 2 is 1.88 bits per heavy atom. The van der Waals surface area contributed by atoms with Gasteiger partial charge in [-0.25, -0.2) is 4.39 Å². The number of amides is 1. The monoisotopic (exact) mass is 377 g/mol. The SMILES string of the molecule is COc1cc(NC(=O)c2nnc(-c3ccccc3F)o2)c(OC)cc1Cl. The minimum absolute atomic E-state index is 0.102. The zero-order chi connectivity index (χ0) is 18.7. The Balaban J connectivity index is 1.87. The van der Waals surface area contributed by atoms with Crippen molar-refractivity contribution in [3.05, 3.63) is 53.1 Å². The highest BCUT2D eigenvalue weighted by Gasteiger charge is 2.20. The summed E-state index contributed by atoms with van der Waals surface area (Å²) in [6.45, 7) is 0. The van der Waals surface area contributed by atoms with Crippen molar-refractivity contribution in [3.8, 4) is 23.0 Å². The molecule has 0 saturated heterocycles. The summed E-state index contributed by atoms with van der Waals surface area (Å²) in [7, 11) is 2.87. The van der Waals surface area contributed by atoms with Gasteiger partial charge < -0.3 is 19.2 Å². The highest BCUT2D eigenvalue weighted by Crippen LogP contribution is 2.36. The van der Waals surface area contributed by atoms with Crippen LogP contribution in [0.1, 0.15) is 10.7 Å². The summed E-state index contributed by atoms with van der Waals surface area (Å²) >= 11 is 6.03. The van der Waals surface area contributed by atoms with Crippen LogP contribution in [0.15, 0.2) is 40.8 Å². The molecule has 2 aromatic carbocycles. The molecule has 7 nitrogen and oxygen atoms in total. The van der Waals surface area contributed by atoms with Crippen LogP contribution in [0.4, 0.5) is 10.1 Å². The van der Waals surface area contributed by atoms with Crippen LogP contribution in [-0.2, 0) is 0 Å². The number of hydrogen-bond donors (Lipinski definition) is 1. The zero-order valence-electron chi connectivity index (χ0n) is 13.7. The first kappa shape index (κ1) is 17.7. The average molecular weight is 378 g/mol. The Kier molecular flexibility index (Phi) is 5.04. The third-order valence-corrected chi connectivity index (χ3v) is 3.74. The molecular weight excluding hydrogens is 365 g/mol. The van der Waals surface area contributed by atoms with Gasteiger partial charge in [0, 0.05) is 12.1 Å². The molecule has 0 saturated carbocycles. The van der Waals surface area contributed by atoms with Gasteiger partial charge in [-0.1, -0.05) is 23.7 Å². The van der Waals surface area contributed by atoms with E-state index in [-0.39, 0.29) is 17.3 Å². The number of nitrogens with one attached hydrogen (secondary N) is 1. The van der Waals surface area contributed by atoms with E-state index in [0.717, 1.165) is 0 Å². The highest BCUT2D eigenvalue weighted by molar-refractivity contribution is 6.32. The fourth-order valence-electron chi connectivity index (χ4n) is 2.19. The fourth-order valence-corrected chi connectivity index (χ4v) is 2.42. The maximum atomic E-state index is 13.8. The number of benzene rings is 2. The van der Waals surface area contributed by atoms with Gasteiger partial charge in [0.2, 0.25) is 0 Å². The Labute approximate surface area is 152 Å². The molecule has 0 unspecified atom stereocenters. The van der Waals surface area contributed by atoms with E-state index in [1.54, 1.807) is 6.07 Å². The lowest BCUT2D eigenvalue weighted by Gasteiger charge is -2.12. The van der Waals surface area contributed by atoms with Crippen LogP contribution in [0, 0.1) is 5.82 Å². The van der Waals surface area contributed by atoms with E-state index >= 15 is 0 Å². The van der Waals surface area contributed by atoms with Gasteiger partial charge >= 0.3 is 11.8 Å². The van der Waals surface area contributed by atoms with Gasteiger partial charge in [-0.3, -0.25) is 4.79 Å². The third-order valence-electron chi connectivity index (χ3n) is 3.45. The fraction of sp³-hybridized carbons (Fsp3) is 0.118. The van der Waals surface area contributed by atoms with Crippen molar-refractivity contribution in [2.45, 2.75) is 0 Å². The van der Waals surface area contributed by atoms with Gasteiger partial charge in [-0.05, 0) is 12.1 Å². The molecule has 26 heavy (non-hydrogen) atoms. The van der Waals surface area contributed by atoms with Gasteiger partial charge in [0.15, 0.2) is 0 Å². The smallest absolute Gasteiger partial charge is 0.313 e. The number of ether oxygens (including phenoxy) is 2. The molecule has 0 atom stereocenters. The van der Waals surface area contributed by atoms with Crippen molar-refractivity contribution in [2.75, 3.05) is 19.5 Å². The molecule has 0 aliphatic carbocycles. The van der Waals surface area contributed by atoms with Crippen molar-refractivity contribution >= 4 is 23.2 Å². The first-order valence-electron chi connectivity index (χ1n) is 7.34. The topological polar surface area (TPSA) is 86.5 Å². The van der Waals surface area contributed by atoms with Crippen molar-refractivity contribution in [2.24, 2.45) is 0 Å². The lowest BCUT2D eigenvalue weighted by molar-refractivity contribution is 0.0990. The molecule has 0 aliphatic heterocycles. The Morgan fingerprint density at radius 1 is 1.15 bits per heavy atom. The summed E-state index contributed by atoms with van der Waals surface area (Å²) in [6, 6.07) is 8.86. The second kappa shape index (κ2) is 7.40. The summed E-state index contributed by atoms with van der Waals surface area (Å²) in [6.07, 6.45) is 0. The zero-order valence-corrected chi connectivity index (χ0v) is 14.5. The molecule has 0 radical (unpaired) electrons. The predicted octanol–water partition coefficient (Wildman–Crippen LogP) is 3.80. The highest BCUT2D eigenvalue weighted by atomic mass is 35.5. The molecule has 3 aromatic rings. The van der Waals surface area contributed by atoms with E-state index < -0.39 is 11.7 Å². The summed E-state index contributed by atoms with van der Waals surface area (Å²) in [5, 5.41) is 10.2. The summed E-state index contributed by atoms with van der Waals surface area (Å²) in [5.41, 5.74) is 0.397. The van der Waals surface area contributed by atoms with Gasteiger partial charge in [-0.15, -0.1) is 10.2 Å². The van der Waals surface area contributed by atoms with Crippen LogP contribution >= 0.6 is 11.6 Å². The van der Waals surface area contributed by atoms with Crippen LogP contribution in [-0.4, -0.2) is 30.3 Å². The number of carbonyl (C=O) groups is 1. The number of methoxy groups -OCH3 is 2. The Bertz CT molecular complexity index is 961. The molecule has 0 aliphatic rings. The summed E-state index contributed by atoms with van der Waals surface area (Å²) in [4.78, 5) is 12.4. The number of hydrogen-bond acceptors (Lipinski definition) is 6. The number of anilines is 1. The van der Waals surface area contributed by atoms with Gasteiger partial charge in [0.05, 0.1) is 30.5 Å². The molecule has 134 valence electrons. The first-order chi connectivity index (χ1) is 12.5. The van der Waals surface area contributed by atoms with Crippen LogP contribution in [0.3, 0.4) is 0 Å². The molecule has 0 spiro atoms. The molecule has 0 fully saturated rings. The normalized spacial score (nSPS) is 10.5. The van der Waals surface area contributed by atoms with E-state index in [4.69, 9.17) is 25.5 Å². The van der Waals surface area contributed by atoms with Gasteiger partial charge in [0.1, 0.15) is 17.3 Å². The molecule has 1 N–H and O–H groups in total. The molecule has 1 aromatic heterocycles. The maximum Gasteiger partial charge on any atom is 0.313 e. The first-order valence-corrected chi connectivity index (χ1v) is 7.72. The Hall–Kier alpha value is -3.13.